The lowest BCUT2D eigenvalue weighted by molar-refractivity contribution is 0.0480. The van der Waals surface area contributed by atoms with E-state index in [1.807, 2.05) is 25.1 Å². The van der Waals surface area contributed by atoms with E-state index in [0.29, 0.717) is 17.4 Å². The molecule has 2 rings (SSSR count). The Labute approximate surface area is 110 Å². The first-order valence-corrected chi connectivity index (χ1v) is 6.02. The molecule has 1 aromatic heterocycles. The van der Waals surface area contributed by atoms with Crippen LogP contribution >= 0.6 is 0 Å². The van der Waals surface area contributed by atoms with Crippen LogP contribution in [0.2, 0.25) is 0 Å². The van der Waals surface area contributed by atoms with Gasteiger partial charge in [0.25, 0.3) is 0 Å². The SMILES string of the molecule is CN(C)CCOC(=O)c1c[nH]c2ccccc2c1=O. The number of hydrogen-bond acceptors (Lipinski definition) is 4. The van der Waals surface area contributed by atoms with Gasteiger partial charge in [-0.25, -0.2) is 4.79 Å². The molecule has 0 aliphatic carbocycles. The lowest BCUT2D eigenvalue weighted by atomic mass is 10.1. The number of carbonyl (C=O) groups excluding carboxylic acids is 1. The van der Waals surface area contributed by atoms with Crippen molar-refractivity contribution >= 4 is 16.9 Å². The van der Waals surface area contributed by atoms with Crippen LogP contribution in [0.5, 0.6) is 0 Å². The largest absolute Gasteiger partial charge is 0.461 e. The molecule has 0 saturated heterocycles. The summed E-state index contributed by atoms with van der Waals surface area (Å²) in [5, 5.41) is 0.490. The van der Waals surface area contributed by atoms with E-state index in [-0.39, 0.29) is 17.6 Å². The Balaban J connectivity index is 2.23. The first kappa shape index (κ1) is 13.3. The van der Waals surface area contributed by atoms with Crippen LogP contribution in [0.1, 0.15) is 10.4 Å². The van der Waals surface area contributed by atoms with Crippen molar-refractivity contribution in [2.45, 2.75) is 0 Å². The molecule has 2 aromatic rings. The van der Waals surface area contributed by atoms with E-state index >= 15 is 0 Å². The van der Waals surface area contributed by atoms with Gasteiger partial charge in [-0.15, -0.1) is 0 Å². The van der Waals surface area contributed by atoms with Gasteiger partial charge in [0.15, 0.2) is 0 Å². The Morgan fingerprint density at radius 1 is 1.32 bits per heavy atom. The molecule has 0 spiro atoms. The van der Waals surface area contributed by atoms with Crippen LogP contribution in [-0.4, -0.2) is 43.1 Å². The zero-order chi connectivity index (χ0) is 13.8. The Kier molecular flexibility index (Phi) is 3.97. The molecular weight excluding hydrogens is 244 g/mol. The highest BCUT2D eigenvalue weighted by Crippen LogP contribution is 2.07. The van der Waals surface area contributed by atoms with Crippen LogP contribution in [-0.2, 0) is 4.74 Å². The lowest BCUT2D eigenvalue weighted by Gasteiger charge is -2.09. The summed E-state index contributed by atoms with van der Waals surface area (Å²) < 4.78 is 5.07. The van der Waals surface area contributed by atoms with E-state index in [4.69, 9.17) is 4.74 Å². The average Bonchev–Trinajstić information content (AvgIpc) is 2.39. The number of nitrogens with one attached hydrogen (secondary N) is 1. The maximum absolute atomic E-state index is 12.1. The minimum Gasteiger partial charge on any atom is -0.461 e. The number of esters is 1. The second-order valence-corrected chi connectivity index (χ2v) is 4.52. The van der Waals surface area contributed by atoms with Gasteiger partial charge in [-0.2, -0.15) is 0 Å². The Hall–Kier alpha value is -2.14. The third kappa shape index (κ3) is 3.00. The number of rotatable bonds is 4. The number of benzene rings is 1. The van der Waals surface area contributed by atoms with Crippen molar-refractivity contribution < 1.29 is 9.53 Å². The third-order valence-corrected chi connectivity index (χ3v) is 2.78. The van der Waals surface area contributed by atoms with Crippen LogP contribution in [0.4, 0.5) is 0 Å². The summed E-state index contributed by atoms with van der Waals surface area (Å²) in [4.78, 5) is 28.8. The quantitative estimate of drug-likeness (QED) is 0.840. The number of fused-ring (bicyclic) bond motifs is 1. The van der Waals surface area contributed by atoms with Gasteiger partial charge in [-0.1, -0.05) is 12.1 Å². The topological polar surface area (TPSA) is 62.4 Å². The molecule has 0 unspecified atom stereocenters. The highest BCUT2D eigenvalue weighted by atomic mass is 16.5. The van der Waals surface area contributed by atoms with Gasteiger partial charge in [0.2, 0.25) is 5.43 Å². The van der Waals surface area contributed by atoms with Gasteiger partial charge in [-0.3, -0.25) is 4.79 Å². The number of para-hydroxylation sites is 1. The van der Waals surface area contributed by atoms with Gasteiger partial charge in [0, 0.05) is 23.6 Å². The number of nitrogens with zero attached hydrogens (tertiary/aromatic N) is 1. The number of pyridine rings is 1. The zero-order valence-corrected chi connectivity index (χ0v) is 11.0. The molecule has 19 heavy (non-hydrogen) atoms. The first-order chi connectivity index (χ1) is 9.09. The number of hydrogen-bond donors (Lipinski definition) is 1. The van der Waals surface area contributed by atoms with Gasteiger partial charge >= 0.3 is 5.97 Å². The molecule has 100 valence electrons. The van der Waals surface area contributed by atoms with Crippen molar-refractivity contribution in [1.82, 2.24) is 9.88 Å². The minimum atomic E-state index is -0.589. The van der Waals surface area contributed by atoms with Gasteiger partial charge in [-0.05, 0) is 26.2 Å². The third-order valence-electron chi connectivity index (χ3n) is 2.78. The molecule has 5 heteroatoms. The van der Waals surface area contributed by atoms with Crippen molar-refractivity contribution in [2.75, 3.05) is 27.2 Å². The van der Waals surface area contributed by atoms with E-state index in [0.717, 1.165) is 0 Å². The van der Waals surface area contributed by atoms with Gasteiger partial charge in [0.05, 0.1) is 0 Å². The maximum Gasteiger partial charge on any atom is 0.343 e. The normalized spacial score (nSPS) is 10.9. The second-order valence-electron chi connectivity index (χ2n) is 4.52. The maximum atomic E-state index is 12.1. The average molecular weight is 260 g/mol. The number of aromatic nitrogens is 1. The molecule has 0 aliphatic heterocycles. The van der Waals surface area contributed by atoms with E-state index < -0.39 is 5.97 Å². The molecule has 1 N–H and O–H groups in total. The number of ether oxygens (including phenoxy) is 1. The van der Waals surface area contributed by atoms with Crippen molar-refractivity contribution in [3.63, 3.8) is 0 Å². The second kappa shape index (κ2) is 5.67. The predicted octanol–water partition coefficient (Wildman–Crippen LogP) is 1.25. The molecule has 0 fully saturated rings. The molecular formula is C14H16N2O3. The summed E-state index contributed by atoms with van der Waals surface area (Å²) in [7, 11) is 3.77. The summed E-state index contributed by atoms with van der Waals surface area (Å²) in [6.07, 6.45) is 1.41. The fourth-order valence-electron chi connectivity index (χ4n) is 1.72. The van der Waals surface area contributed by atoms with E-state index in [1.54, 1.807) is 18.2 Å². The number of aromatic amines is 1. The van der Waals surface area contributed by atoms with Crippen LogP contribution in [0.3, 0.4) is 0 Å². The molecule has 0 amide bonds. The Morgan fingerprint density at radius 2 is 2.05 bits per heavy atom. The van der Waals surface area contributed by atoms with E-state index in [2.05, 4.69) is 4.98 Å². The molecule has 0 saturated carbocycles. The Bertz CT molecular complexity index is 646. The molecule has 0 aliphatic rings. The predicted molar refractivity (Wildman–Crippen MR) is 73.4 cm³/mol. The minimum absolute atomic E-state index is 0.0393. The number of carbonyl (C=O) groups is 1. The molecule has 0 radical (unpaired) electrons. The summed E-state index contributed by atoms with van der Waals surface area (Å²) >= 11 is 0. The van der Waals surface area contributed by atoms with Crippen LogP contribution < -0.4 is 5.43 Å². The Morgan fingerprint density at radius 3 is 2.79 bits per heavy atom. The van der Waals surface area contributed by atoms with Crippen molar-refractivity contribution in [3.05, 3.63) is 46.2 Å². The lowest BCUT2D eigenvalue weighted by Crippen LogP contribution is -2.23. The fourth-order valence-corrected chi connectivity index (χ4v) is 1.72. The summed E-state index contributed by atoms with van der Waals surface area (Å²) in [5.41, 5.74) is 0.444. The van der Waals surface area contributed by atoms with Gasteiger partial charge < -0.3 is 14.6 Å². The molecule has 0 atom stereocenters. The highest BCUT2D eigenvalue weighted by Gasteiger charge is 2.13. The molecule has 1 aromatic carbocycles. The summed E-state index contributed by atoms with van der Waals surface area (Å²) in [5.74, 6) is -0.589. The standard InChI is InChI=1S/C14H16N2O3/c1-16(2)7-8-19-14(18)11-9-15-12-6-4-3-5-10(12)13(11)17/h3-6,9H,7-8H2,1-2H3,(H,15,17). The van der Waals surface area contributed by atoms with Crippen LogP contribution in [0, 0.1) is 0 Å². The smallest absolute Gasteiger partial charge is 0.343 e. The number of likely N-dealkylation sites (N-methyl/N-ethyl adjacent to an activating group) is 1. The van der Waals surface area contributed by atoms with Crippen molar-refractivity contribution in [2.24, 2.45) is 0 Å². The van der Waals surface area contributed by atoms with Crippen molar-refractivity contribution in [1.29, 1.82) is 0 Å². The van der Waals surface area contributed by atoms with E-state index in [1.165, 1.54) is 6.20 Å². The summed E-state index contributed by atoms with van der Waals surface area (Å²) in [6.45, 7) is 0.884. The van der Waals surface area contributed by atoms with Crippen LogP contribution in [0.15, 0.2) is 35.3 Å². The fraction of sp³-hybridized carbons (Fsp3) is 0.286. The van der Waals surface area contributed by atoms with Gasteiger partial charge in [0.1, 0.15) is 12.2 Å². The molecule has 0 bridgehead atoms. The van der Waals surface area contributed by atoms with Crippen LogP contribution in [0.25, 0.3) is 10.9 Å². The van der Waals surface area contributed by atoms with Crippen molar-refractivity contribution in [3.8, 4) is 0 Å². The first-order valence-electron chi connectivity index (χ1n) is 6.02. The highest BCUT2D eigenvalue weighted by molar-refractivity contribution is 5.93. The molecule has 1 heterocycles. The summed E-state index contributed by atoms with van der Waals surface area (Å²) in [6, 6.07) is 7.06. The molecule has 5 nitrogen and oxygen atoms in total. The zero-order valence-electron chi connectivity index (χ0n) is 11.0. The van der Waals surface area contributed by atoms with E-state index in [9.17, 15) is 9.59 Å². The number of H-pyrrole nitrogens is 1. The monoisotopic (exact) mass is 260 g/mol.